The van der Waals surface area contributed by atoms with Crippen molar-refractivity contribution in [3.05, 3.63) is 29.8 Å². The second-order valence-corrected chi connectivity index (χ2v) is 7.87. The highest BCUT2D eigenvalue weighted by atomic mass is 16.3. The van der Waals surface area contributed by atoms with Crippen LogP contribution in [-0.4, -0.2) is 54.1 Å². The summed E-state index contributed by atoms with van der Waals surface area (Å²) >= 11 is 0. The number of hydrogen-bond acceptors (Lipinski definition) is 4. The second-order valence-electron chi connectivity index (χ2n) is 7.87. The van der Waals surface area contributed by atoms with Gasteiger partial charge in [0.25, 0.3) is 5.91 Å². The number of aliphatic hydroxyl groups is 1. The average molecular weight is 347 g/mol. The molecular formula is C19H29N3O3. The van der Waals surface area contributed by atoms with Gasteiger partial charge in [-0.1, -0.05) is 26.8 Å². The Kier molecular flexibility index (Phi) is 6.56. The Labute approximate surface area is 149 Å². The van der Waals surface area contributed by atoms with Gasteiger partial charge in [-0.15, -0.1) is 0 Å². The number of amides is 2. The van der Waals surface area contributed by atoms with Crippen molar-refractivity contribution in [2.24, 2.45) is 5.41 Å². The van der Waals surface area contributed by atoms with Crippen LogP contribution in [0.1, 0.15) is 44.0 Å². The van der Waals surface area contributed by atoms with E-state index in [0.29, 0.717) is 30.4 Å². The number of carbonyl (C=O) groups is 2. The smallest absolute Gasteiger partial charge is 0.251 e. The van der Waals surface area contributed by atoms with Gasteiger partial charge in [0, 0.05) is 30.4 Å². The molecule has 0 aliphatic heterocycles. The summed E-state index contributed by atoms with van der Waals surface area (Å²) in [6.45, 7) is 7.67. The Morgan fingerprint density at radius 3 is 2.60 bits per heavy atom. The fourth-order valence-electron chi connectivity index (χ4n) is 2.66. The van der Waals surface area contributed by atoms with Crippen molar-refractivity contribution in [1.29, 1.82) is 0 Å². The molecule has 1 aromatic rings. The summed E-state index contributed by atoms with van der Waals surface area (Å²) < 4.78 is 0. The number of aliphatic hydroxyl groups excluding tert-OH is 1. The molecule has 1 fully saturated rings. The summed E-state index contributed by atoms with van der Waals surface area (Å²) in [7, 11) is 0. The first-order chi connectivity index (χ1) is 11.8. The number of hydrogen-bond donors (Lipinski definition) is 3. The zero-order chi connectivity index (χ0) is 18.4. The van der Waals surface area contributed by atoms with Gasteiger partial charge in [0.15, 0.2) is 0 Å². The van der Waals surface area contributed by atoms with E-state index in [1.165, 1.54) is 0 Å². The zero-order valence-electron chi connectivity index (χ0n) is 15.3. The molecule has 1 aromatic carbocycles. The lowest BCUT2D eigenvalue weighted by molar-refractivity contribution is -0.117. The molecule has 6 nitrogen and oxygen atoms in total. The molecule has 0 aromatic heterocycles. The molecule has 3 N–H and O–H groups in total. The molecule has 0 heterocycles. The predicted molar refractivity (Wildman–Crippen MR) is 98.5 cm³/mol. The largest absolute Gasteiger partial charge is 0.395 e. The average Bonchev–Trinajstić information content (AvgIpc) is 3.29. The minimum Gasteiger partial charge on any atom is -0.395 e. The standard InChI is InChI=1S/C19H29N3O3/c1-19(2,3)13-22(9-10-23)12-17(24)20-16-6-4-5-14(11-16)18(25)21-15-7-8-15/h4-6,11,15,23H,7-10,12-13H2,1-3H3,(H,20,24)(H,21,25). The molecule has 1 aliphatic carbocycles. The molecule has 0 radical (unpaired) electrons. The van der Waals surface area contributed by atoms with Gasteiger partial charge in [-0.3, -0.25) is 14.5 Å². The highest BCUT2D eigenvalue weighted by Crippen LogP contribution is 2.20. The van der Waals surface area contributed by atoms with Gasteiger partial charge in [0.2, 0.25) is 5.91 Å². The molecule has 138 valence electrons. The number of benzene rings is 1. The maximum Gasteiger partial charge on any atom is 0.251 e. The molecule has 0 atom stereocenters. The Balaban J connectivity index is 1.93. The van der Waals surface area contributed by atoms with Gasteiger partial charge in [-0.25, -0.2) is 0 Å². The lowest BCUT2D eigenvalue weighted by atomic mass is 9.96. The van der Waals surface area contributed by atoms with Gasteiger partial charge in [-0.2, -0.15) is 0 Å². The van der Waals surface area contributed by atoms with E-state index in [9.17, 15) is 14.7 Å². The molecule has 2 rings (SSSR count). The molecule has 0 bridgehead atoms. The molecule has 0 unspecified atom stereocenters. The van der Waals surface area contributed by atoms with Crippen LogP contribution in [0.25, 0.3) is 0 Å². The highest BCUT2D eigenvalue weighted by Gasteiger charge is 2.24. The Morgan fingerprint density at radius 2 is 2.00 bits per heavy atom. The van der Waals surface area contributed by atoms with Crippen molar-refractivity contribution in [3.8, 4) is 0 Å². The van der Waals surface area contributed by atoms with Crippen LogP contribution in [0.4, 0.5) is 5.69 Å². The van der Waals surface area contributed by atoms with Gasteiger partial charge >= 0.3 is 0 Å². The van der Waals surface area contributed by atoms with Crippen LogP contribution < -0.4 is 10.6 Å². The first-order valence-corrected chi connectivity index (χ1v) is 8.81. The van der Waals surface area contributed by atoms with Gasteiger partial charge in [0.05, 0.1) is 13.2 Å². The van der Waals surface area contributed by atoms with Gasteiger partial charge in [-0.05, 0) is 36.5 Å². The Hall–Kier alpha value is -1.92. The van der Waals surface area contributed by atoms with E-state index in [0.717, 1.165) is 12.8 Å². The maximum atomic E-state index is 12.3. The zero-order valence-corrected chi connectivity index (χ0v) is 15.3. The monoisotopic (exact) mass is 347 g/mol. The van der Waals surface area contributed by atoms with E-state index in [4.69, 9.17) is 0 Å². The van der Waals surface area contributed by atoms with Crippen molar-refractivity contribution < 1.29 is 14.7 Å². The number of rotatable bonds is 8. The van der Waals surface area contributed by atoms with Crippen LogP contribution >= 0.6 is 0 Å². The quantitative estimate of drug-likeness (QED) is 0.670. The molecule has 0 saturated heterocycles. The fraction of sp³-hybridized carbons (Fsp3) is 0.579. The topological polar surface area (TPSA) is 81.7 Å². The van der Waals surface area contributed by atoms with Gasteiger partial charge in [0.1, 0.15) is 0 Å². The highest BCUT2D eigenvalue weighted by molar-refractivity contribution is 5.97. The van der Waals surface area contributed by atoms with Crippen molar-refractivity contribution in [3.63, 3.8) is 0 Å². The summed E-state index contributed by atoms with van der Waals surface area (Å²) in [6, 6.07) is 7.26. The van der Waals surface area contributed by atoms with E-state index < -0.39 is 0 Å². The van der Waals surface area contributed by atoms with E-state index >= 15 is 0 Å². The molecular weight excluding hydrogens is 318 g/mol. The summed E-state index contributed by atoms with van der Waals surface area (Å²) in [5.74, 6) is -0.259. The van der Waals surface area contributed by atoms with E-state index in [1.54, 1.807) is 24.3 Å². The number of anilines is 1. The lowest BCUT2D eigenvalue weighted by Crippen LogP contribution is -2.40. The summed E-state index contributed by atoms with van der Waals surface area (Å²) in [5, 5.41) is 15.0. The molecule has 2 amide bonds. The molecule has 25 heavy (non-hydrogen) atoms. The Morgan fingerprint density at radius 1 is 1.28 bits per heavy atom. The molecule has 0 spiro atoms. The Bertz CT molecular complexity index is 606. The third-order valence-electron chi connectivity index (χ3n) is 3.80. The molecule has 1 aliphatic rings. The number of nitrogens with one attached hydrogen (secondary N) is 2. The van der Waals surface area contributed by atoms with Crippen LogP contribution in [0.3, 0.4) is 0 Å². The van der Waals surface area contributed by atoms with Gasteiger partial charge < -0.3 is 15.7 Å². The first-order valence-electron chi connectivity index (χ1n) is 8.81. The molecule has 6 heteroatoms. The van der Waals surface area contributed by atoms with Crippen molar-refractivity contribution >= 4 is 17.5 Å². The normalized spacial score (nSPS) is 14.4. The van der Waals surface area contributed by atoms with Crippen LogP contribution in [0.15, 0.2) is 24.3 Å². The van der Waals surface area contributed by atoms with Crippen LogP contribution in [0, 0.1) is 5.41 Å². The molecule has 1 saturated carbocycles. The van der Waals surface area contributed by atoms with Crippen LogP contribution in [0.5, 0.6) is 0 Å². The predicted octanol–water partition coefficient (Wildman–Crippen LogP) is 1.86. The third-order valence-corrected chi connectivity index (χ3v) is 3.80. The summed E-state index contributed by atoms with van der Waals surface area (Å²) in [6.07, 6.45) is 2.08. The summed E-state index contributed by atoms with van der Waals surface area (Å²) in [5.41, 5.74) is 1.19. The maximum absolute atomic E-state index is 12.3. The first kappa shape index (κ1) is 19.4. The van der Waals surface area contributed by atoms with Crippen LogP contribution in [-0.2, 0) is 4.79 Å². The minimum atomic E-state index is -0.155. The van der Waals surface area contributed by atoms with Crippen molar-refractivity contribution in [2.45, 2.75) is 39.7 Å². The van der Waals surface area contributed by atoms with E-state index in [2.05, 4.69) is 31.4 Å². The third kappa shape index (κ3) is 7.23. The summed E-state index contributed by atoms with van der Waals surface area (Å²) in [4.78, 5) is 26.3. The number of carbonyl (C=O) groups excluding carboxylic acids is 2. The van der Waals surface area contributed by atoms with E-state index in [-0.39, 0.29) is 30.4 Å². The van der Waals surface area contributed by atoms with Crippen molar-refractivity contribution in [1.82, 2.24) is 10.2 Å². The van der Waals surface area contributed by atoms with Crippen molar-refractivity contribution in [2.75, 3.05) is 31.6 Å². The fourth-order valence-corrected chi connectivity index (χ4v) is 2.66. The number of nitrogens with zero attached hydrogens (tertiary/aromatic N) is 1. The van der Waals surface area contributed by atoms with Crippen LogP contribution in [0.2, 0.25) is 0 Å². The SMILES string of the molecule is CC(C)(C)CN(CCO)CC(=O)Nc1cccc(C(=O)NC2CC2)c1. The lowest BCUT2D eigenvalue weighted by Gasteiger charge is -2.28. The second kappa shape index (κ2) is 8.45. The minimum absolute atomic E-state index is 0.0141. The van der Waals surface area contributed by atoms with E-state index in [1.807, 2.05) is 4.90 Å².